The SMILES string of the molecule is Cc1ccc(S(=O)(=O)N2CCCSCC2CN(C)C)cc1. The molecule has 0 N–H and O–H groups in total. The highest BCUT2D eigenvalue weighted by molar-refractivity contribution is 7.99. The topological polar surface area (TPSA) is 40.6 Å². The van der Waals surface area contributed by atoms with Crippen LogP contribution in [0.3, 0.4) is 0 Å². The first-order valence-electron chi connectivity index (χ1n) is 7.22. The van der Waals surface area contributed by atoms with Gasteiger partial charge in [-0.2, -0.15) is 16.1 Å². The predicted octanol–water partition coefficient (Wildman–Crippen LogP) is 2.05. The van der Waals surface area contributed by atoms with E-state index >= 15 is 0 Å². The van der Waals surface area contributed by atoms with Crippen LogP contribution in [0, 0.1) is 6.92 Å². The van der Waals surface area contributed by atoms with E-state index in [1.807, 2.05) is 44.9 Å². The summed E-state index contributed by atoms with van der Waals surface area (Å²) in [6.45, 7) is 3.34. The second-order valence-electron chi connectivity index (χ2n) is 5.77. The summed E-state index contributed by atoms with van der Waals surface area (Å²) >= 11 is 1.85. The van der Waals surface area contributed by atoms with Gasteiger partial charge in [0.1, 0.15) is 0 Å². The van der Waals surface area contributed by atoms with Gasteiger partial charge < -0.3 is 4.90 Å². The summed E-state index contributed by atoms with van der Waals surface area (Å²) in [5.74, 6) is 1.90. The normalized spacial score (nSPS) is 21.4. The number of likely N-dealkylation sites (N-methyl/N-ethyl adjacent to an activating group) is 1. The van der Waals surface area contributed by atoms with Crippen molar-refractivity contribution in [1.29, 1.82) is 0 Å². The molecule has 1 aromatic rings. The second-order valence-corrected chi connectivity index (χ2v) is 8.81. The van der Waals surface area contributed by atoms with E-state index in [0.717, 1.165) is 30.0 Å². The fourth-order valence-electron chi connectivity index (χ4n) is 2.53. The number of aryl methyl sites for hydroxylation is 1. The molecule has 1 unspecified atom stereocenters. The summed E-state index contributed by atoms with van der Waals surface area (Å²) < 4.78 is 27.6. The molecule has 6 heteroatoms. The summed E-state index contributed by atoms with van der Waals surface area (Å²) in [7, 11) is 0.581. The number of hydrogen-bond donors (Lipinski definition) is 0. The Hall–Kier alpha value is -0.560. The fourth-order valence-corrected chi connectivity index (χ4v) is 5.34. The van der Waals surface area contributed by atoms with Crippen LogP contribution in [0.15, 0.2) is 29.2 Å². The maximum absolute atomic E-state index is 12.9. The Labute approximate surface area is 132 Å². The molecule has 1 saturated heterocycles. The van der Waals surface area contributed by atoms with E-state index in [2.05, 4.69) is 4.90 Å². The highest BCUT2D eigenvalue weighted by Crippen LogP contribution is 2.24. The van der Waals surface area contributed by atoms with E-state index in [1.54, 1.807) is 16.4 Å². The van der Waals surface area contributed by atoms with Crippen LogP contribution in [0.2, 0.25) is 0 Å². The zero-order chi connectivity index (χ0) is 15.5. The Bertz CT molecular complexity index is 556. The average molecular weight is 329 g/mol. The van der Waals surface area contributed by atoms with Crippen molar-refractivity contribution >= 4 is 21.8 Å². The van der Waals surface area contributed by atoms with Crippen LogP contribution in [0.4, 0.5) is 0 Å². The average Bonchev–Trinajstić information content (AvgIpc) is 2.64. The molecule has 0 bridgehead atoms. The summed E-state index contributed by atoms with van der Waals surface area (Å²) in [6.07, 6.45) is 0.916. The molecular weight excluding hydrogens is 304 g/mol. The zero-order valence-corrected chi connectivity index (χ0v) is 14.6. The Morgan fingerprint density at radius 3 is 2.57 bits per heavy atom. The van der Waals surface area contributed by atoms with Crippen molar-refractivity contribution in [2.24, 2.45) is 0 Å². The molecule has 0 aliphatic carbocycles. The lowest BCUT2D eigenvalue weighted by molar-refractivity contribution is 0.271. The van der Waals surface area contributed by atoms with E-state index in [0.29, 0.717) is 11.4 Å². The highest BCUT2D eigenvalue weighted by Gasteiger charge is 2.32. The second kappa shape index (κ2) is 7.13. The van der Waals surface area contributed by atoms with E-state index in [9.17, 15) is 8.42 Å². The molecule has 0 radical (unpaired) electrons. The summed E-state index contributed by atoms with van der Waals surface area (Å²) in [4.78, 5) is 2.47. The number of rotatable bonds is 4. The number of hydrogen-bond acceptors (Lipinski definition) is 4. The molecule has 0 aromatic heterocycles. The van der Waals surface area contributed by atoms with Crippen molar-refractivity contribution in [2.75, 3.05) is 38.7 Å². The molecular formula is C15H24N2O2S2. The molecule has 0 amide bonds. The van der Waals surface area contributed by atoms with Crippen LogP contribution in [0.25, 0.3) is 0 Å². The van der Waals surface area contributed by atoms with Gasteiger partial charge in [0, 0.05) is 24.9 Å². The van der Waals surface area contributed by atoms with E-state index in [1.165, 1.54) is 0 Å². The number of benzene rings is 1. The monoisotopic (exact) mass is 328 g/mol. The molecule has 1 fully saturated rings. The van der Waals surface area contributed by atoms with E-state index < -0.39 is 10.0 Å². The van der Waals surface area contributed by atoms with Crippen molar-refractivity contribution in [1.82, 2.24) is 9.21 Å². The van der Waals surface area contributed by atoms with Crippen LogP contribution in [0.5, 0.6) is 0 Å². The third-order valence-corrected chi connectivity index (χ3v) is 6.75. The van der Waals surface area contributed by atoms with E-state index in [4.69, 9.17) is 0 Å². The van der Waals surface area contributed by atoms with Crippen LogP contribution < -0.4 is 0 Å². The van der Waals surface area contributed by atoms with Gasteiger partial charge in [0.2, 0.25) is 10.0 Å². The van der Waals surface area contributed by atoms with Gasteiger partial charge in [-0.15, -0.1) is 0 Å². The minimum absolute atomic E-state index is 0.0406. The third-order valence-electron chi connectivity index (χ3n) is 3.59. The molecule has 1 aliphatic rings. The lowest BCUT2D eigenvalue weighted by Gasteiger charge is -2.30. The number of thioether (sulfide) groups is 1. The standard InChI is InChI=1S/C15H24N2O2S2/c1-13-5-7-15(8-6-13)21(18,19)17-9-4-10-20-12-14(17)11-16(2)3/h5-8,14H,4,9-12H2,1-3H3. The third kappa shape index (κ3) is 4.22. The Morgan fingerprint density at radius 2 is 1.95 bits per heavy atom. The largest absolute Gasteiger partial charge is 0.308 e. The van der Waals surface area contributed by atoms with Gasteiger partial charge in [-0.05, 0) is 45.3 Å². The first kappa shape index (κ1) is 16.8. The van der Waals surface area contributed by atoms with Crippen molar-refractivity contribution in [3.63, 3.8) is 0 Å². The van der Waals surface area contributed by atoms with Gasteiger partial charge in [-0.25, -0.2) is 8.42 Å². The van der Waals surface area contributed by atoms with Crippen LogP contribution in [-0.2, 0) is 10.0 Å². The summed E-state index contributed by atoms with van der Waals surface area (Å²) in [6, 6.07) is 7.20. The molecule has 1 atom stereocenters. The van der Waals surface area contributed by atoms with Crippen molar-refractivity contribution < 1.29 is 8.42 Å². The van der Waals surface area contributed by atoms with Gasteiger partial charge in [-0.1, -0.05) is 17.7 Å². The fraction of sp³-hybridized carbons (Fsp3) is 0.600. The first-order valence-corrected chi connectivity index (χ1v) is 9.82. The molecule has 1 aliphatic heterocycles. The molecule has 0 spiro atoms. The van der Waals surface area contributed by atoms with E-state index in [-0.39, 0.29) is 6.04 Å². The molecule has 2 rings (SSSR count). The molecule has 1 heterocycles. The molecule has 0 saturated carbocycles. The molecule has 118 valence electrons. The van der Waals surface area contributed by atoms with Gasteiger partial charge in [-0.3, -0.25) is 0 Å². The van der Waals surface area contributed by atoms with Crippen molar-refractivity contribution in [2.45, 2.75) is 24.3 Å². The van der Waals surface area contributed by atoms with Gasteiger partial charge in [0.25, 0.3) is 0 Å². The first-order chi connectivity index (χ1) is 9.91. The quantitative estimate of drug-likeness (QED) is 0.848. The lowest BCUT2D eigenvalue weighted by atomic mass is 10.2. The van der Waals surface area contributed by atoms with Gasteiger partial charge in [0.05, 0.1) is 4.90 Å². The predicted molar refractivity (Wildman–Crippen MR) is 89.4 cm³/mol. The lowest BCUT2D eigenvalue weighted by Crippen LogP contribution is -2.46. The Morgan fingerprint density at radius 1 is 1.29 bits per heavy atom. The Balaban J connectivity index is 2.31. The minimum Gasteiger partial charge on any atom is -0.308 e. The maximum Gasteiger partial charge on any atom is 0.243 e. The highest BCUT2D eigenvalue weighted by atomic mass is 32.2. The van der Waals surface area contributed by atoms with Crippen LogP contribution in [-0.4, -0.2) is 62.4 Å². The molecule has 21 heavy (non-hydrogen) atoms. The van der Waals surface area contributed by atoms with Gasteiger partial charge >= 0.3 is 0 Å². The molecule has 4 nitrogen and oxygen atoms in total. The smallest absolute Gasteiger partial charge is 0.243 e. The maximum atomic E-state index is 12.9. The van der Waals surface area contributed by atoms with Crippen LogP contribution >= 0.6 is 11.8 Å². The van der Waals surface area contributed by atoms with Crippen molar-refractivity contribution in [3.05, 3.63) is 29.8 Å². The summed E-state index contributed by atoms with van der Waals surface area (Å²) in [5.41, 5.74) is 1.07. The molecule has 1 aromatic carbocycles. The van der Waals surface area contributed by atoms with Crippen LogP contribution in [0.1, 0.15) is 12.0 Å². The van der Waals surface area contributed by atoms with Crippen molar-refractivity contribution in [3.8, 4) is 0 Å². The summed E-state index contributed by atoms with van der Waals surface area (Å²) in [5, 5.41) is 0. The van der Waals surface area contributed by atoms with Gasteiger partial charge in [0.15, 0.2) is 0 Å². The number of sulfonamides is 1. The zero-order valence-electron chi connectivity index (χ0n) is 12.9. The Kier molecular flexibility index (Phi) is 5.71. The number of nitrogens with zero attached hydrogens (tertiary/aromatic N) is 2. The minimum atomic E-state index is -3.40.